The summed E-state index contributed by atoms with van der Waals surface area (Å²) in [6.07, 6.45) is -6.41. The number of carbonyl (C=O) groups excluding carboxylic acids is 1. The van der Waals surface area contributed by atoms with E-state index in [1.54, 1.807) is 0 Å². The van der Waals surface area contributed by atoms with E-state index in [1.165, 1.54) is 42.6 Å². The number of carboxylic acid groups (broad SMARTS) is 1. The number of hydrogen-bond acceptors (Lipinski definition) is 4. The molecule has 1 aromatic carbocycles. The van der Waals surface area contributed by atoms with Crippen LogP contribution in [0.3, 0.4) is 0 Å². The van der Waals surface area contributed by atoms with Crippen LogP contribution in [0.1, 0.15) is 41.5 Å². The first-order valence-electron chi connectivity index (χ1n) is 10.7. The molecule has 8 nitrogen and oxygen atoms in total. The van der Waals surface area contributed by atoms with Crippen LogP contribution in [0.15, 0.2) is 36.5 Å². The highest BCUT2D eigenvalue weighted by Gasteiger charge is 2.35. The van der Waals surface area contributed by atoms with Crippen LogP contribution in [0, 0.1) is 18.6 Å². The van der Waals surface area contributed by atoms with Crippen LogP contribution in [0.5, 0.6) is 5.75 Å². The summed E-state index contributed by atoms with van der Waals surface area (Å²) in [7, 11) is 0. The minimum Gasteiger partial charge on any atom is -0.485 e. The molecule has 3 N–H and O–H groups in total. The molecule has 0 aliphatic rings. The van der Waals surface area contributed by atoms with E-state index in [1.807, 2.05) is 5.32 Å². The molecule has 13 heteroatoms. The molecule has 0 spiro atoms. The monoisotopic (exact) mass is 514 g/mol. The Bertz CT molecular complexity index is 1260. The number of rotatable bonds is 9. The van der Waals surface area contributed by atoms with Crippen molar-refractivity contribution in [2.75, 3.05) is 6.54 Å². The second-order valence-electron chi connectivity index (χ2n) is 8.39. The van der Waals surface area contributed by atoms with E-state index >= 15 is 0 Å². The number of alkyl halides is 3. The molecule has 3 aromatic rings. The number of benzene rings is 1. The van der Waals surface area contributed by atoms with Gasteiger partial charge in [0.05, 0.1) is 16.8 Å². The Morgan fingerprint density at radius 3 is 2.39 bits per heavy atom. The van der Waals surface area contributed by atoms with Crippen molar-refractivity contribution in [2.24, 2.45) is 0 Å². The summed E-state index contributed by atoms with van der Waals surface area (Å²) >= 11 is 0. The second kappa shape index (κ2) is 10.4. The molecule has 0 bridgehead atoms. The molecule has 2 aromatic heterocycles. The van der Waals surface area contributed by atoms with Crippen LogP contribution in [-0.4, -0.2) is 44.8 Å². The zero-order valence-electron chi connectivity index (χ0n) is 19.2. The molecule has 0 saturated heterocycles. The molecule has 0 saturated carbocycles. The number of amides is 2. The van der Waals surface area contributed by atoms with Crippen molar-refractivity contribution >= 4 is 17.6 Å². The third kappa shape index (κ3) is 6.40. The fourth-order valence-electron chi connectivity index (χ4n) is 3.59. The van der Waals surface area contributed by atoms with Crippen molar-refractivity contribution in [3.63, 3.8) is 0 Å². The van der Waals surface area contributed by atoms with Gasteiger partial charge in [-0.2, -0.15) is 13.2 Å². The average molecular weight is 514 g/mol. The van der Waals surface area contributed by atoms with Crippen molar-refractivity contribution in [3.05, 3.63) is 65.1 Å². The lowest BCUT2D eigenvalue weighted by atomic mass is 9.95. The Balaban J connectivity index is 1.81. The number of imidazole rings is 1. The summed E-state index contributed by atoms with van der Waals surface area (Å²) in [5, 5.41) is 13.5. The zero-order valence-corrected chi connectivity index (χ0v) is 19.2. The standard InChI is InChI=1S/C23H23F5N4O4/c1-13-18(20(33)29-12-22(2,31-21(34)35)8-9-23(26,27)28)32-10-4-7-17(19(32)30-13)36-11-14-15(24)5-3-6-16(14)25/h3-7,10,31H,8-9,11-12H2,1-2H3,(H,29,33)(H,34,35). The van der Waals surface area contributed by atoms with Gasteiger partial charge in [0.25, 0.3) is 5.91 Å². The predicted octanol–water partition coefficient (Wildman–Crippen LogP) is 4.60. The number of aromatic nitrogens is 2. The second-order valence-corrected chi connectivity index (χ2v) is 8.39. The largest absolute Gasteiger partial charge is 0.485 e. The number of hydrogen-bond donors (Lipinski definition) is 3. The van der Waals surface area contributed by atoms with Crippen molar-refractivity contribution in [1.29, 1.82) is 0 Å². The number of ether oxygens (including phenoxy) is 1. The Morgan fingerprint density at radius 2 is 1.78 bits per heavy atom. The molecule has 1 unspecified atom stereocenters. The Morgan fingerprint density at radius 1 is 1.11 bits per heavy atom. The summed E-state index contributed by atoms with van der Waals surface area (Å²) in [5.41, 5.74) is -1.45. The van der Waals surface area contributed by atoms with Gasteiger partial charge in [0.1, 0.15) is 23.9 Å². The topological polar surface area (TPSA) is 105 Å². The number of pyridine rings is 1. The van der Waals surface area contributed by atoms with Gasteiger partial charge in [-0.1, -0.05) is 6.07 Å². The van der Waals surface area contributed by atoms with Gasteiger partial charge in [0.15, 0.2) is 11.4 Å². The summed E-state index contributed by atoms with van der Waals surface area (Å²) in [4.78, 5) is 28.3. The average Bonchev–Trinajstić information content (AvgIpc) is 3.11. The lowest BCUT2D eigenvalue weighted by Gasteiger charge is -2.30. The molecular formula is C23H23F5N4O4. The summed E-state index contributed by atoms with van der Waals surface area (Å²) < 4.78 is 72.9. The van der Waals surface area contributed by atoms with Crippen molar-refractivity contribution in [2.45, 2.75) is 45.0 Å². The van der Waals surface area contributed by atoms with E-state index in [2.05, 4.69) is 10.3 Å². The van der Waals surface area contributed by atoms with Crippen LogP contribution in [0.4, 0.5) is 26.7 Å². The number of fused-ring (bicyclic) bond motifs is 1. The van der Waals surface area contributed by atoms with Gasteiger partial charge in [-0.15, -0.1) is 0 Å². The summed E-state index contributed by atoms with van der Waals surface area (Å²) in [6.45, 7) is 1.90. The van der Waals surface area contributed by atoms with Crippen molar-refractivity contribution in [1.82, 2.24) is 20.0 Å². The maximum atomic E-state index is 13.9. The summed E-state index contributed by atoms with van der Waals surface area (Å²) in [6, 6.07) is 6.40. The minimum absolute atomic E-state index is 0.0287. The lowest BCUT2D eigenvalue weighted by molar-refractivity contribution is -0.138. The number of nitrogens with zero attached hydrogens (tertiary/aromatic N) is 2. The molecule has 3 rings (SSSR count). The first-order valence-corrected chi connectivity index (χ1v) is 10.7. The van der Waals surface area contributed by atoms with Crippen LogP contribution >= 0.6 is 0 Å². The van der Waals surface area contributed by atoms with Gasteiger partial charge >= 0.3 is 12.3 Å². The van der Waals surface area contributed by atoms with E-state index in [-0.39, 0.29) is 28.3 Å². The highest BCUT2D eigenvalue weighted by atomic mass is 19.4. The molecule has 2 amide bonds. The van der Waals surface area contributed by atoms with E-state index in [0.717, 1.165) is 12.1 Å². The first-order chi connectivity index (χ1) is 16.8. The van der Waals surface area contributed by atoms with Crippen LogP contribution < -0.4 is 15.4 Å². The van der Waals surface area contributed by atoms with Gasteiger partial charge in [-0.3, -0.25) is 9.20 Å². The Hall–Kier alpha value is -3.90. The highest BCUT2D eigenvalue weighted by Crippen LogP contribution is 2.27. The minimum atomic E-state index is -4.51. The maximum absolute atomic E-state index is 13.9. The number of aryl methyl sites for hydroxylation is 1. The third-order valence-electron chi connectivity index (χ3n) is 5.45. The van der Waals surface area contributed by atoms with E-state index < -0.39 is 61.3 Å². The van der Waals surface area contributed by atoms with E-state index in [9.17, 15) is 31.5 Å². The fraction of sp³-hybridized carbons (Fsp3) is 0.348. The lowest BCUT2D eigenvalue weighted by Crippen LogP contribution is -2.53. The molecule has 0 radical (unpaired) electrons. The molecule has 194 valence electrons. The highest BCUT2D eigenvalue weighted by molar-refractivity contribution is 5.95. The van der Waals surface area contributed by atoms with Crippen LogP contribution in [0.25, 0.3) is 5.65 Å². The molecule has 1 atom stereocenters. The van der Waals surface area contributed by atoms with Crippen molar-refractivity contribution in [3.8, 4) is 5.75 Å². The molecule has 0 fully saturated rings. The zero-order chi connectivity index (χ0) is 26.7. The van der Waals surface area contributed by atoms with Crippen LogP contribution in [0.2, 0.25) is 0 Å². The SMILES string of the molecule is Cc1nc2c(OCc3c(F)cccc3F)cccn2c1C(=O)NCC(C)(CCC(F)(F)F)NC(=O)O. The quantitative estimate of drug-likeness (QED) is 0.362. The first kappa shape index (κ1) is 26.7. The van der Waals surface area contributed by atoms with Crippen LogP contribution in [-0.2, 0) is 6.61 Å². The third-order valence-corrected chi connectivity index (χ3v) is 5.45. The Kier molecular flexibility index (Phi) is 7.70. The molecule has 0 aliphatic heterocycles. The van der Waals surface area contributed by atoms with Gasteiger partial charge < -0.3 is 20.5 Å². The van der Waals surface area contributed by atoms with Gasteiger partial charge in [-0.25, -0.2) is 18.6 Å². The van der Waals surface area contributed by atoms with Gasteiger partial charge in [0.2, 0.25) is 0 Å². The smallest absolute Gasteiger partial charge is 0.405 e. The maximum Gasteiger partial charge on any atom is 0.405 e. The normalized spacial score (nSPS) is 13.3. The fourth-order valence-corrected chi connectivity index (χ4v) is 3.59. The number of nitrogens with one attached hydrogen (secondary N) is 2. The Labute approximate surface area is 202 Å². The van der Waals surface area contributed by atoms with E-state index in [0.29, 0.717) is 0 Å². The summed E-state index contributed by atoms with van der Waals surface area (Å²) in [5.74, 6) is -2.16. The number of carbonyl (C=O) groups is 2. The molecule has 36 heavy (non-hydrogen) atoms. The molecular weight excluding hydrogens is 491 g/mol. The molecule has 2 heterocycles. The number of halogens is 5. The predicted molar refractivity (Wildman–Crippen MR) is 118 cm³/mol. The van der Waals surface area contributed by atoms with E-state index in [4.69, 9.17) is 9.84 Å². The van der Waals surface area contributed by atoms with Gasteiger partial charge in [-0.05, 0) is 44.5 Å². The molecule has 0 aliphatic carbocycles. The van der Waals surface area contributed by atoms with Crippen molar-refractivity contribution < 1.29 is 41.4 Å². The van der Waals surface area contributed by atoms with Gasteiger partial charge in [0, 0.05) is 19.2 Å².